The van der Waals surface area contributed by atoms with E-state index in [4.69, 9.17) is 11.6 Å². The molecular formula is C13H16ClNO2. The van der Waals surface area contributed by atoms with Crippen LogP contribution in [0.25, 0.3) is 0 Å². The van der Waals surface area contributed by atoms with Crippen LogP contribution in [0.2, 0.25) is 5.02 Å². The van der Waals surface area contributed by atoms with Crippen molar-refractivity contribution in [2.45, 2.75) is 25.8 Å². The lowest BCUT2D eigenvalue weighted by atomic mass is 9.82. The highest BCUT2D eigenvalue weighted by Gasteiger charge is 2.25. The lowest BCUT2D eigenvalue weighted by Crippen LogP contribution is -2.33. The van der Waals surface area contributed by atoms with Gasteiger partial charge in [0, 0.05) is 6.04 Å². The van der Waals surface area contributed by atoms with Crippen LogP contribution in [-0.4, -0.2) is 19.1 Å². The Morgan fingerprint density at radius 3 is 2.76 bits per heavy atom. The Kier molecular flexibility index (Phi) is 3.57. The van der Waals surface area contributed by atoms with Gasteiger partial charge < -0.3 is 10.1 Å². The van der Waals surface area contributed by atoms with Gasteiger partial charge in [0.15, 0.2) is 0 Å². The molecule has 0 unspecified atom stereocenters. The quantitative estimate of drug-likeness (QED) is 0.840. The van der Waals surface area contributed by atoms with Crippen molar-refractivity contribution >= 4 is 23.3 Å². The Morgan fingerprint density at radius 1 is 1.47 bits per heavy atom. The Balaban J connectivity index is 2.12. The molecule has 92 valence electrons. The van der Waals surface area contributed by atoms with Crippen molar-refractivity contribution in [3.8, 4) is 0 Å². The van der Waals surface area contributed by atoms with Gasteiger partial charge >= 0.3 is 5.97 Å². The summed E-state index contributed by atoms with van der Waals surface area (Å²) in [6.07, 6.45) is 2.30. The number of anilines is 1. The van der Waals surface area contributed by atoms with Crippen LogP contribution in [0.5, 0.6) is 0 Å². The number of hydrogen-bond acceptors (Lipinski definition) is 3. The van der Waals surface area contributed by atoms with Crippen molar-refractivity contribution in [3.05, 3.63) is 28.8 Å². The summed E-state index contributed by atoms with van der Waals surface area (Å²) in [5, 5.41) is 3.99. The van der Waals surface area contributed by atoms with E-state index in [1.54, 1.807) is 18.2 Å². The number of ether oxygens (including phenoxy) is 1. The maximum Gasteiger partial charge on any atom is 0.337 e. The second-order valence-electron chi connectivity index (χ2n) is 4.60. The number of carbonyl (C=O) groups excluding carboxylic acids is 1. The Labute approximate surface area is 106 Å². The van der Waals surface area contributed by atoms with Crippen LogP contribution in [0, 0.1) is 5.92 Å². The first-order valence-electron chi connectivity index (χ1n) is 5.74. The first-order valence-corrected chi connectivity index (χ1v) is 6.12. The van der Waals surface area contributed by atoms with E-state index in [1.165, 1.54) is 7.11 Å². The van der Waals surface area contributed by atoms with Crippen molar-refractivity contribution in [1.29, 1.82) is 0 Å². The fourth-order valence-electron chi connectivity index (χ4n) is 2.12. The monoisotopic (exact) mass is 253 g/mol. The predicted molar refractivity (Wildman–Crippen MR) is 68.6 cm³/mol. The summed E-state index contributed by atoms with van der Waals surface area (Å²) >= 11 is 6.09. The van der Waals surface area contributed by atoms with E-state index in [1.807, 2.05) is 0 Å². The van der Waals surface area contributed by atoms with E-state index >= 15 is 0 Å². The van der Waals surface area contributed by atoms with E-state index < -0.39 is 0 Å². The van der Waals surface area contributed by atoms with Crippen LogP contribution < -0.4 is 5.32 Å². The molecule has 1 fully saturated rings. The van der Waals surface area contributed by atoms with Gasteiger partial charge in [-0.3, -0.25) is 0 Å². The Bertz CT molecular complexity index is 427. The summed E-state index contributed by atoms with van der Waals surface area (Å²) in [7, 11) is 1.37. The average Bonchev–Trinajstić information content (AvgIpc) is 2.28. The van der Waals surface area contributed by atoms with E-state index in [0.29, 0.717) is 16.6 Å². The zero-order valence-electron chi connectivity index (χ0n) is 10.00. The fourth-order valence-corrected chi connectivity index (χ4v) is 2.29. The number of hydrogen-bond donors (Lipinski definition) is 1. The fraction of sp³-hybridized carbons (Fsp3) is 0.462. The number of methoxy groups -OCH3 is 1. The van der Waals surface area contributed by atoms with Crippen molar-refractivity contribution in [1.82, 2.24) is 0 Å². The second kappa shape index (κ2) is 4.96. The van der Waals surface area contributed by atoms with Crippen LogP contribution >= 0.6 is 11.6 Å². The van der Waals surface area contributed by atoms with Gasteiger partial charge in [-0.1, -0.05) is 18.5 Å². The standard InChI is InChI=1S/C13H16ClNO2/c1-8-5-10(6-8)15-12-7-9(13(16)17-2)3-4-11(12)14/h3-4,7-8,10,15H,5-6H2,1-2H3. The molecule has 0 amide bonds. The van der Waals surface area contributed by atoms with Crippen molar-refractivity contribution in [2.75, 3.05) is 12.4 Å². The molecule has 1 aromatic rings. The maximum absolute atomic E-state index is 11.4. The number of esters is 1. The first kappa shape index (κ1) is 12.2. The van der Waals surface area contributed by atoms with Gasteiger partial charge in [-0.05, 0) is 37.0 Å². The lowest BCUT2D eigenvalue weighted by Gasteiger charge is -2.34. The molecule has 1 N–H and O–H groups in total. The summed E-state index contributed by atoms with van der Waals surface area (Å²) < 4.78 is 4.68. The summed E-state index contributed by atoms with van der Waals surface area (Å²) in [5.74, 6) is 0.432. The molecule has 0 saturated heterocycles. The van der Waals surface area contributed by atoms with Crippen LogP contribution in [0.15, 0.2) is 18.2 Å². The second-order valence-corrected chi connectivity index (χ2v) is 5.01. The molecule has 17 heavy (non-hydrogen) atoms. The number of rotatable bonds is 3. The van der Waals surface area contributed by atoms with Crippen molar-refractivity contribution in [2.24, 2.45) is 5.92 Å². The highest BCUT2D eigenvalue weighted by molar-refractivity contribution is 6.33. The molecule has 2 rings (SSSR count). The molecule has 1 aliphatic carbocycles. The van der Waals surface area contributed by atoms with Gasteiger partial charge in [-0.2, -0.15) is 0 Å². The van der Waals surface area contributed by atoms with Crippen LogP contribution in [0.4, 0.5) is 5.69 Å². The topological polar surface area (TPSA) is 38.3 Å². The maximum atomic E-state index is 11.4. The highest BCUT2D eigenvalue weighted by Crippen LogP contribution is 2.32. The molecule has 0 bridgehead atoms. The molecule has 1 aliphatic rings. The summed E-state index contributed by atoms with van der Waals surface area (Å²) in [4.78, 5) is 11.4. The molecule has 3 nitrogen and oxygen atoms in total. The highest BCUT2D eigenvalue weighted by atomic mass is 35.5. The van der Waals surface area contributed by atoms with E-state index in [2.05, 4.69) is 17.0 Å². The number of benzene rings is 1. The molecule has 0 aromatic heterocycles. The van der Waals surface area contributed by atoms with E-state index in [0.717, 1.165) is 24.4 Å². The molecule has 0 spiro atoms. The predicted octanol–water partition coefficient (Wildman–Crippen LogP) is 3.34. The SMILES string of the molecule is COC(=O)c1ccc(Cl)c(NC2CC(C)C2)c1. The summed E-state index contributed by atoms with van der Waals surface area (Å²) in [5.41, 5.74) is 1.33. The Hall–Kier alpha value is -1.22. The first-order chi connectivity index (χ1) is 8.10. The Morgan fingerprint density at radius 2 is 2.18 bits per heavy atom. The third-order valence-electron chi connectivity index (χ3n) is 3.12. The third kappa shape index (κ3) is 2.72. The normalized spacial score (nSPS) is 22.8. The molecule has 0 atom stereocenters. The van der Waals surface area contributed by atoms with Gasteiger partial charge in [-0.15, -0.1) is 0 Å². The van der Waals surface area contributed by atoms with Gasteiger partial charge in [0.1, 0.15) is 0 Å². The molecular weight excluding hydrogens is 238 g/mol. The summed E-state index contributed by atoms with van der Waals surface area (Å²) in [6.45, 7) is 2.23. The van der Waals surface area contributed by atoms with Gasteiger partial charge in [-0.25, -0.2) is 4.79 Å². The van der Waals surface area contributed by atoms with Gasteiger partial charge in [0.25, 0.3) is 0 Å². The zero-order valence-corrected chi connectivity index (χ0v) is 10.8. The smallest absolute Gasteiger partial charge is 0.337 e. The molecule has 1 aromatic carbocycles. The number of halogens is 1. The minimum atomic E-state index is -0.341. The minimum Gasteiger partial charge on any atom is -0.465 e. The van der Waals surface area contributed by atoms with Crippen LogP contribution in [0.1, 0.15) is 30.1 Å². The minimum absolute atomic E-state index is 0.341. The molecule has 0 heterocycles. The third-order valence-corrected chi connectivity index (χ3v) is 3.45. The lowest BCUT2D eigenvalue weighted by molar-refractivity contribution is 0.0601. The van der Waals surface area contributed by atoms with Crippen molar-refractivity contribution in [3.63, 3.8) is 0 Å². The molecule has 0 radical (unpaired) electrons. The number of nitrogens with one attached hydrogen (secondary N) is 1. The van der Waals surface area contributed by atoms with Crippen LogP contribution in [-0.2, 0) is 4.74 Å². The van der Waals surface area contributed by atoms with E-state index in [9.17, 15) is 4.79 Å². The number of carbonyl (C=O) groups is 1. The van der Waals surface area contributed by atoms with E-state index in [-0.39, 0.29) is 5.97 Å². The molecule has 0 aliphatic heterocycles. The van der Waals surface area contributed by atoms with Crippen LogP contribution in [0.3, 0.4) is 0 Å². The molecule has 1 saturated carbocycles. The summed E-state index contributed by atoms with van der Waals surface area (Å²) in [6, 6.07) is 5.60. The molecule has 4 heteroatoms. The van der Waals surface area contributed by atoms with Gasteiger partial charge in [0.2, 0.25) is 0 Å². The largest absolute Gasteiger partial charge is 0.465 e. The van der Waals surface area contributed by atoms with Crippen molar-refractivity contribution < 1.29 is 9.53 Å². The van der Waals surface area contributed by atoms with Gasteiger partial charge in [0.05, 0.1) is 23.4 Å². The average molecular weight is 254 g/mol. The zero-order chi connectivity index (χ0) is 12.4.